The van der Waals surface area contributed by atoms with Crippen molar-refractivity contribution in [1.29, 1.82) is 0 Å². The highest BCUT2D eigenvalue weighted by Gasteiger charge is 2.40. The minimum absolute atomic E-state index is 0.0224. The van der Waals surface area contributed by atoms with Crippen LogP contribution in [-0.4, -0.2) is 42.8 Å². The van der Waals surface area contributed by atoms with Gasteiger partial charge in [0.15, 0.2) is 9.84 Å². The number of amides is 1. The molecule has 1 amide bonds. The highest BCUT2D eigenvalue weighted by molar-refractivity contribution is 7.92. The van der Waals surface area contributed by atoms with Crippen molar-refractivity contribution in [3.05, 3.63) is 35.9 Å². The van der Waals surface area contributed by atoms with Crippen molar-refractivity contribution in [2.45, 2.75) is 52.1 Å². The maximum atomic E-state index is 12.6. The average Bonchev–Trinajstić information content (AvgIpc) is 2.72. The molecule has 0 saturated carbocycles. The van der Waals surface area contributed by atoms with Gasteiger partial charge >= 0.3 is 0 Å². The standard InChI is InChI=1S/C18H27NO3S/c1-13(2)11-23(21,22)12-18(20)19-14(3)10-17(15(19)4)16-8-6-5-7-9-16/h5-9,13-15,17H,10-12H2,1-4H3/t14-,15-,17-/m1/s1. The van der Waals surface area contributed by atoms with Gasteiger partial charge in [-0.25, -0.2) is 8.42 Å². The molecule has 0 bridgehead atoms. The molecule has 5 heteroatoms. The van der Waals surface area contributed by atoms with Crippen LogP contribution in [-0.2, 0) is 14.6 Å². The fraction of sp³-hybridized carbons (Fsp3) is 0.611. The summed E-state index contributed by atoms with van der Waals surface area (Å²) >= 11 is 0. The molecule has 2 rings (SSSR count). The van der Waals surface area contributed by atoms with Crippen LogP contribution in [0.1, 0.15) is 45.6 Å². The molecule has 1 aromatic rings. The lowest BCUT2D eigenvalue weighted by Crippen LogP contribution is -2.43. The lowest BCUT2D eigenvalue weighted by Gasteiger charge is -2.28. The van der Waals surface area contributed by atoms with Crippen molar-refractivity contribution < 1.29 is 13.2 Å². The summed E-state index contributed by atoms with van der Waals surface area (Å²) in [4.78, 5) is 14.4. The topological polar surface area (TPSA) is 54.5 Å². The first-order valence-corrected chi connectivity index (χ1v) is 10.1. The van der Waals surface area contributed by atoms with Gasteiger partial charge in [-0.15, -0.1) is 0 Å². The minimum atomic E-state index is -3.34. The van der Waals surface area contributed by atoms with E-state index in [-0.39, 0.29) is 41.3 Å². The fourth-order valence-corrected chi connectivity index (χ4v) is 5.35. The number of benzene rings is 1. The first kappa shape index (κ1) is 18.0. The second-order valence-corrected chi connectivity index (χ2v) is 9.20. The Labute approximate surface area is 139 Å². The molecule has 0 radical (unpaired) electrons. The molecule has 1 aliphatic rings. The summed E-state index contributed by atoms with van der Waals surface area (Å²) in [5.41, 5.74) is 1.21. The van der Waals surface area contributed by atoms with Crippen LogP contribution < -0.4 is 0 Å². The van der Waals surface area contributed by atoms with Crippen LogP contribution in [0.3, 0.4) is 0 Å². The number of carbonyl (C=O) groups excluding carboxylic acids is 1. The van der Waals surface area contributed by atoms with E-state index in [1.165, 1.54) is 5.56 Å². The average molecular weight is 337 g/mol. The van der Waals surface area contributed by atoms with Crippen LogP contribution >= 0.6 is 0 Å². The van der Waals surface area contributed by atoms with Gasteiger partial charge in [0.2, 0.25) is 5.91 Å². The Balaban J connectivity index is 2.12. The molecule has 0 aliphatic carbocycles. The second-order valence-electron chi connectivity index (χ2n) is 7.09. The largest absolute Gasteiger partial charge is 0.336 e. The number of hydrogen-bond acceptors (Lipinski definition) is 3. The molecule has 23 heavy (non-hydrogen) atoms. The van der Waals surface area contributed by atoms with Crippen LogP contribution in [0, 0.1) is 5.92 Å². The van der Waals surface area contributed by atoms with Crippen molar-refractivity contribution in [2.75, 3.05) is 11.5 Å². The monoisotopic (exact) mass is 337 g/mol. The van der Waals surface area contributed by atoms with Gasteiger partial charge in [0.1, 0.15) is 5.75 Å². The molecule has 4 nitrogen and oxygen atoms in total. The zero-order chi connectivity index (χ0) is 17.2. The van der Waals surface area contributed by atoms with E-state index >= 15 is 0 Å². The van der Waals surface area contributed by atoms with E-state index in [4.69, 9.17) is 0 Å². The molecule has 1 aromatic carbocycles. The third-order valence-electron chi connectivity index (χ3n) is 4.54. The van der Waals surface area contributed by atoms with Gasteiger partial charge in [-0.1, -0.05) is 44.2 Å². The highest BCUT2D eigenvalue weighted by atomic mass is 32.2. The summed E-state index contributed by atoms with van der Waals surface area (Å²) in [7, 11) is -3.34. The van der Waals surface area contributed by atoms with Crippen LogP contribution in [0.5, 0.6) is 0 Å². The normalized spacial score (nSPS) is 25.1. The first-order chi connectivity index (χ1) is 10.7. The van der Waals surface area contributed by atoms with Gasteiger partial charge in [-0.05, 0) is 31.7 Å². The van der Waals surface area contributed by atoms with Crippen molar-refractivity contribution in [1.82, 2.24) is 4.90 Å². The summed E-state index contributed by atoms with van der Waals surface area (Å²) in [5, 5.41) is 0. The molecule has 0 aromatic heterocycles. The smallest absolute Gasteiger partial charge is 0.238 e. The molecular weight excluding hydrogens is 310 g/mol. The Morgan fingerprint density at radius 3 is 2.39 bits per heavy atom. The van der Waals surface area contributed by atoms with E-state index < -0.39 is 9.84 Å². The summed E-state index contributed by atoms with van der Waals surface area (Å²) < 4.78 is 24.3. The predicted octanol–water partition coefficient (Wildman–Crippen LogP) is 2.85. The number of rotatable bonds is 5. The van der Waals surface area contributed by atoms with Gasteiger partial charge in [0.05, 0.1) is 5.75 Å². The van der Waals surface area contributed by atoms with Crippen molar-refractivity contribution in [2.24, 2.45) is 5.92 Å². The molecular formula is C18H27NO3S. The second kappa shape index (κ2) is 7.04. The molecule has 0 N–H and O–H groups in total. The van der Waals surface area contributed by atoms with E-state index in [1.807, 2.05) is 45.9 Å². The maximum absolute atomic E-state index is 12.6. The van der Waals surface area contributed by atoms with Crippen LogP contribution in [0.15, 0.2) is 30.3 Å². The Morgan fingerprint density at radius 1 is 1.22 bits per heavy atom. The summed E-state index contributed by atoms with van der Waals surface area (Å²) in [6.45, 7) is 7.74. The predicted molar refractivity (Wildman–Crippen MR) is 93.1 cm³/mol. The van der Waals surface area contributed by atoms with E-state index in [1.54, 1.807) is 4.90 Å². The molecule has 0 unspecified atom stereocenters. The first-order valence-electron chi connectivity index (χ1n) is 8.28. The minimum Gasteiger partial charge on any atom is -0.336 e. The van der Waals surface area contributed by atoms with E-state index in [0.29, 0.717) is 0 Å². The summed E-state index contributed by atoms with van der Waals surface area (Å²) in [6, 6.07) is 10.2. The number of nitrogens with zero attached hydrogens (tertiary/aromatic N) is 1. The van der Waals surface area contributed by atoms with Gasteiger partial charge in [-0.3, -0.25) is 4.79 Å². The lowest BCUT2D eigenvalue weighted by molar-refractivity contribution is -0.130. The molecule has 0 spiro atoms. The Bertz CT molecular complexity index is 639. The van der Waals surface area contributed by atoms with E-state index in [2.05, 4.69) is 12.1 Å². The molecule has 1 heterocycles. The van der Waals surface area contributed by atoms with Crippen molar-refractivity contribution >= 4 is 15.7 Å². The molecule has 128 valence electrons. The fourth-order valence-electron chi connectivity index (χ4n) is 3.69. The number of carbonyl (C=O) groups is 1. The zero-order valence-electron chi connectivity index (χ0n) is 14.4. The van der Waals surface area contributed by atoms with Gasteiger partial charge in [0.25, 0.3) is 0 Å². The molecule has 3 atom stereocenters. The van der Waals surface area contributed by atoms with Crippen molar-refractivity contribution in [3.8, 4) is 0 Å². The van der Waals surface area contributed by atoms with Crippen LogP contribution in [0.4, 0.5) is 0 Å². The van der Waals surface area contributed by atoms with Crippen LogP contribution in [0.2, 0.25) is 0 Å². The molecule has 1 fully saturated rings. The Morgan fingerprint density at radius 2 is 1.83 bits per heavy atom. The Kier molecular flexibility index (Phi) is 5.50. The van der Waals surface area contributed by atoms with E-state index in [9.17, 15) is 13.2 Å². The number of likely N-dealkylation sites (tertiary alicyclic amines) is 1. The lowest BCUT2D eigenvalue weighted by atomic mass is 9.92. The summed E-state index contributed by atoms with van der Waals surface area (Å²) in [5.74, 6) is -0.260. The summed E-state index contributed by atoms with van der Waals surface area (Å²) in [6.07, 6.45) is 0.876. The van der Waals surface area contributed by atoms with Crippen molar-refractivity contribution in [3.63, 3.8) is 0 Å². The molecule has 1 saturated heterocycles. The van der Waals surface area contributed by atoms with Gasteiger partial charge < -0.3 is 4.90 Å². The number of hydrogen-bond donors (Lipinski definition) is 0. The quantitative estimate of drug-likeness (QED) is 0.830. The maximum Gasteiger partial charge on any atom is 0.238 e. The zero-order valence-corrected chi connectivity index (χ0v) is 15.2. The van der Waals surface area contributed by atoms with Crippen LogP contribution in [0.25, 0.3) is 0 Å². The van der Waals surface area contributed by atoms with E-state index in [0.717, 1.165) is 6.42 Å². The third-order valence-corrected chi connectivity index (χ3v) is 6.40. The third kappa shape index (κ3) is 4.34. The number of sulfone groups is 1. The SMILES string of the molecule is CC(C)CS(=O)(=O)CC(=O)N1[C@H](C)C[C@@H](c2ccccc2)[C@H]1C. The Hall–Kier alpha value is -1.36. The van der Waals surface area contributed by atoms with Gasteiger partial charge in [-0.2, -0.15) is 0 Å². The highest BCUT2D eigenvalue weighted by Crippen LogP contribution is 2.37. The van der Waals surface area contributed by atoms with Gasteiger partial charge in [0, 0.05) is 18.0 Å². The molecule has 1 aliphatic heterocycles.